The van der Waals surface area contributed by atoms with Crippen LogP contribution in [0.4, 0.5) is 0 Å². The van der Waals surface area contributed by atoms with E-state index < -0.39 is 17.6 Å². The summed E-state index contributed by atoms with van der Waals surface area (Å²) in [5.41, 5.74) is 0. The second kappa shape index (κ2) is 13.0. The van der Waals surface area contributed by atoms with Crippen molar-refractivity contribution in [2.45, 2.75) is 61.1 Å². The van der Waals surface area contributed by atoms with Crippen LogP contribution in [0.5, 0.6) is 0 Å². The molecule has 0 aromatic heterocycles. The Morgan fingerprint density at radius 2 is 0.765 bits per heavy atom. The van der Waals surface area contributed by atoms with Gasteiger partial charge in [0.25, 0.3) is 0 Å². The third kappa shape index (κ3) is 6.00. The molecule has 10 heteroatoms. The summed E-state index contributed by atoms with van der Waals surface area (Å²) in [6.07, 6.45) is 0. The smallest absolute Gasteiger partial charge is 0.370 e. The lowest BCUT2D eigenvalue weighted by molar-refractivity contribution is 0.0851. The first-order chi connectivity index (χ1) is 16.5. The Kier molecular flexibility index (Phi) is 10.7. The van der Waals surface area contributed by atoms with Gasteiger partial charge in [0.1, 0.15) is 0 Å². The van der Waals surface area contributed by atoms with Crippen LogP contribution in [-0.2, 0) is 26.6 Å². The van der Waals surface area contributed by atoms with Gasteiger partial charge in [-0.1, -0.05) is 35.7 Å². The van der Waals surface area contributed by atoms with Gasteiger partial charge in [0.05, 0.1) is 0 Å². The number of hydrogen-bond donors (Lipinski definition) is 0. The zero-order valence-corrected chi connectivity index (χ0v) is 24.6. The molecule has 0 aliphatic carbocycles. The van der Waals surface area contributed by atoms with Gasteiger partial charge < -0.3 is 26.6 Å². The van der Waals surface area contributed by atoms with Crippen molar-refractivity contribution >= 4 is 51.5 Å². The second-order valence-electron chi connectivity index (χ2n) is 7.24. The van der Waals surface area contributed by atoms with E-state index in [-0.39, 0.29) is 0 Å². The van der Waals surface area contributed by atoms with Gasteiger partial charge in [0.2, 0.25) is 0 Å². The summed E-state index contributed by atoms with van der Waals surface area (Å²) in [6.45, 7) is 15.1. The molecule has 0 saturated heterocycles. The Morgan fingerprint density at radius 1 is 0.471 bits per heavy atom. The summed E-state index contributed by atoms with van der Waals surface area (Å²) >= 11 is 3.51. The predicted molar refractivity (Wildman–Crippen MR) is 142 cm³/mol. The highest BCUT2D eigenvalue weighted by atomic mass is 32.2. The van der Waals surface area contributed by atoms with Crippen molar-refractivity contribution in [3.63, 3.8) is 0 Å². The Bertz CT molecular complexity index is 836. The molecule has 0 spiro atoms. The Morgan fingerprint density at radius 3 is 1.03 bits per heavy atom. The average Bonchev–Trinajstić information content (AvgIpc) is 2.83. The lowest BCUT2D eigenvalue weighted by Gasteiger charge is -2.30. The van der Waals surface area contributed by atoms with Crippen molar-refractivity contribution in [1.29, 1.82) is 0 Å². The zero-order valence-electron chi connectivity index (χ0n) is 21.0. The Labute approximate surface area is 214 Å². The molecule has 2 aromatic carbocycles. The van der Waals surface area contributed by atoms with Crippen molar-refractivity contribution in [2.75, 3.05) is 39.6 Å². The highest BCUT2D eigenvalue weighted by Gasteiger charge is 2.45. The van der Waals surface area contributed by atoms with Crippen LogP contribution >= 0.6 is 23.5 Å². The van der Waals surface area contributed by atoms with E-state index in [2.05, 4.69) is 36.4 Å². The van der Waals surface area contributed by atoms with Crippen LogP contribution in [0.15, 0.2) is 56.0 Å². The lowest BCUT2D eigenvalue weighted by Crippen LogP contribution is -2.57. The van der Waals surface area contributed by atoms with Crippen LogP contribution in [0.1, 0.15) is 41.5 Å². The molecule has 1 heterocycles. The van der Waals surface area contributed by atoms with Crippen molar-refractivity contribution < 1.29 is 26.6 Å². The number of hydrogen-bond acceptors (Lipinski definition) is 8. The van der Waals surface area contributed by atoms with Crippen LogP contribution in [0.2, 0.25) is 0 Å². The fourth-order valence-corrected chi connectivity index (χ4v) is 11.3. The monoisotopic (exact) mass is 540 g/mol. The summed E-state index contributed by atoms with van der Waals surface area (Å²) in [6, 6.07) is 12.8. The SMILES string of the molecule is CCO[Si](OCC)(OCC)c1ccc2c(c1)Sc1ccc([Si](OCC)(OCC)OCC)cc1S2. The van der Waals surface area contributed by atoms with Gasteiger partial charge in [0, 0.05) is 69.6 Å². The van der Waals surface area contributed by atoms with Crippen molar-refractivity contribution in [2.24, 2.45) is 0 Å². The molecule has 2 aromatic rings. The summed E-state index contributed by atoms with van der Waals surface area (Å²) in [5, 5.41) is 2.00. The molecule has 0 atom stereocenters. The van der Waals surface area contributed by atoms with E-state index >= 15 is 0 Å². The number of benzene rings is 2. The average molecular weight is 541 g/mol. The van der Waals surface area contributed by atoms with Gasteiger partial charge in [0.15, 0.2) is 0 Å². The normalized spacial score (nSPS) is 13.6. The molecule has 3 rings (SSSR count). The van der Waals surface area contributed by atoms with Crippen molar-refractivity contribution in [3.05, 3.63) is 36.4 Å². The molecule has 1 aliphatic rings. The van der Waals surface area contributed by atoms with Crippen molar-refractivity contribution in [1.82, 2.24) is 0 Å². The minimum absolute atomic E-state index is 0.544. The predicted octanol–water partition coefficient (Wildman–Crippen LogP) is 4.81. The summed E-state index contributed by atoms with van der Waals surface area (Å²) < 4.78 is 36.7. The molecule has 0 amide bonds. The van der Waals surface area contributed by atoms with Crippen molar-refractivity contribution in [3.8, 4) is 0 Å². The molecule has 0 radical (unpaired) electrons. The van der Waals surface area contributed by atoms with Crippen LogP contribution in [0.3, 0.4) is 0 Å². The molecule has 0 fully saturated rings. The zero-order chi connectivity index (χ0) is 24.6. The van der Waals surface area contributed by atoms with E-state index in [0.717, 1.165) is 10.4 Å². The fourth-order valence-electron chi connectivity index (χ4n) is 3.85. The Hall–Kier alpha value is -0.666. The molecular weight excluding hydrogens is 505 g/mol. The van der Waals surface area contributed by atoms with E-state index in [4.69, 9.17) is 26.6 Å². The van der Waals surface area contributed by atoms with Crippen LogP contribution in [-0.4, -0.2) is 57.3 Å². The van der Waals surface area contributed by atoms with E-state index in [1.54, 1.807) is 23.5 Å². The molecule has 0 unspecified atom stereocenters. The number of fused-ring (bicyclic) bond motifs is 2. The quantitative estimate of drug-likeness (QED) is 0.270. The molecule has 34 heavy (non-hydrogen) atoms. The molecule has 0 N–H and O–H groups in total. The third-order valence-electron chi connectivity index (χ3n) is 5.04. The standard InChI is InChI=1S/C24H36O6S2Si2/c1-7-25-33(26-8-2,27-9-3)19-13-15-21-23(17-19)31-22-16-14-20(18-24(22)32-21)34(28-10-4,29-11-5)30-12-6/h13-18H,7-12H2,1-6H3. The van der Waals surface area contributed by atoms with E-state index in [1.807, 2.05) is 41.5 Å². The van der Waals surface area contributed by atoms with Crippen LogP contribution in [0, 0.1) is 0 Å². The summed E-state index contributed by atoms with van der Waals surface area (Å²) in [4.78, 5) is 4.76. The summed E-state index contributed by atoms with van der Waals surface area (Å²) in [7, 11) is -5.90. The van der Waals surface area contributed by atoms with Crippen LogP contribution in [0.25, 0.3) is 0 Å². The van der Waals surface area contributed by atoms with Gasteiger partial charge in [-0.25, -0.2) is 0 Å². The third-order valence-corrected chi connectivity index (χ3v) is 13.6. The van der Waals surface area contributed by atoms with Crippen LogP contribution < -0.4 is 10.4 Å². The number of rotatable bonds is 14. The minimum atomic E-state index is -2.95. The van der Waals surface area contributed by atoms with Gasteiger partial charge in [-0.15, -0.1) is 0 Å². The molecular formula is C24H36O6S2Si2. The summed E-state index contributed by atoms with van der Waals surface area (Å²) in [5.74, 6) is 0. The van der Waals surface area contributed by atoms with Gasteiger partial charge >= 0.3 is 17.6 Å². The molecule has 0 bridgehead atoms. The largest absolute Gasteiger partial charge is 0.537 e. The highest BCUT2D eigenvalue weighted by molar-refractivity contribution is 8.05. The Balaban J connectivity index is 1.95. The fraction of sp³-hybridized carbons (Fsp3) is 0.500. The minimum Gasteiger partial charge on any atom is -0.370 e. The second-order valence-corrected chi connectivity index (χ2v) is 14.5. The van der Waals surface area contributed by atoms with E-state index in [9.17, 15) is 0 Å². The first-order valence-electron chi connectivity index (χ1n) is 12.0. The molecule has 6 nitrogen and oxygen atoms in total. The van der Waals surface area contributed by atoms with E-state index in [1.165, 1.54) is 19.6 Å². The first-order valence-corrected chi connectivity index (χ1v) is 17.1. The van der Waals surface area contributed by atoms with Gasteiger partial charge in [-0.05, 0) is 65.8 Å². The maximum Gasteiger partial charge on any atom is 0.537 e. The highest BCUT2D eigenvalue weighted by Crippen LogP contribution is 2.48. The molecule has 188 valence electrons. The topological polar surface area (TPSA) is 55.4 Å². The maximum absolute atomic E-state index is 6.12. The molecule has 1 aliphatic heterocycles. The maximum atomic E-state index is 6.12. The van der Waals surface area contributed by atoms with Gasteiger partial charge in [-0.3, -0.25) is 0 Å². The lowest BCUT2D eigenvalue weighted by atomic mass is 10.3. The molecule has 0 saturated carbocycles. The first kappa shape index (κ1) is 27.9. The van der Waals surface area contributed by atoms with E-state index in [0.29, 0.717) is 39.6 Å². The van der Waals surface area contributed by atoms with Gasteiger partial charge in [-0.2, -0.15) is 0 Å².